The van der Waals surface area contributed by atoms with Crippen molar-refractivity contribution >= 4 is 17.6 Å². The van der Waals surface area contributed by atoms with Crippen LogP contribution < -0.4 is 10.2 Å². The van der Waals surface area contributed by atoms with E-state index in [1.54, 1.807) is 6.20 Å². The van der Waals surface area contributed by atoms with E-state index in [-0.39, 0.29) is 11.8 Å². The van der Waals surface area contributed by atoms with E-state index in [1.165, 1.54) is 0 Å². The molecule has 3 fully saturated rings. The maximum absolute atomic E-state index is 12.2. The standard InChI is InChI=1S/C18H24N4O2/c23-17(13-3-4-13)20-12-15-2-1-7-19-16(15)21-8-10-22(11-9-21)18(24)14-5-6-14/h1-2,7,13-14H,3-6,8-12H2,(H,20,23). The van der Waals surface area contributed by atoms with Gasteiger partial charge < -0.3 is 15.1 Å². The molecular weight excluding hydrogens is 304 g/mol. The molecule has 1 aliphatic heterocycles. The quantitative estimate of drug-likeness (QED) is 0.881. The minimum Gasteiger partial charge on any atom is -0.353 e. The van der Waals surface area contributed by atoms with Crippen LogP contribution >= 0.6 is 0 Å². The van der Waals surface area contributed by atoms with Crippen molar-refractivity contribution in [2.75, 3.05) is 31.1 Å². The van der Waals surface area contributed by atoms with E-state index in [0.29, 0.717) is 18.4 Å². The number of nitrogens with one attached hydrogen (secondary N) is 1. The van der Waals surface area contributed by atoms with Crippen LogP contribution in [0.5, 0.6) is 0 Å². The lowest BCUT2D eigenvalue weighted by Crippen LogP contribution is -2.49. The van der Waals surface area contributed by atoms with Gasteiger partial charge in [-0.25, -0.2) is 4.98 Å². The first-order valence-electron chi connectivity index (χ1n) is 8.97. The highest BCUT2D eigenvalue weighted by Crippen LogP contribution is 2.32. The molecule has 1 N–H and O–H groups in total. The molecule has 2 heterocycles. The third kappa shape index (κ3) is 3.37. The van der Waals surface area contributed by atoms with Crippen LogP contribution in [0.3, 0.4) is 0 Å². The van der Waals surface area contributed by atoms with E-state index in [2.05, 4.69) is 15.2 Å². The van der Waals surface area contributed by atoms with Gasteiger partial charge in [0.2, 0.25) is 11.8 Å². The van der Waals surface area contributed by atoms with Crippen molar-refractivity contribution in [2.45, 2.75) is 32.2 Å². The van der Waals surface area contributed by atoms with Gasteiger partial charge in [-0.15, -0.1) is 0 Å². The van der Waals surface area contributed by atoms with E-state index >= 15 is 0 Å². The predicted octanol–water partition coefficient (Wildman–Crippen LogP) is 1.17. The van der Waals surface area contributed by atoms with Crippen LogP contribution in [0.25, 0.3) is 0 Å². The Bertz CT molecular complexity index is 632. The summed E-state index contributed by atoms with van der Waals surface area (Å²) < 4.78 is 0. The second-order valence-corrected chi connectivity index (χ2v) is 7.06. The number of anilines is 1. The number of rotatable bonds is 5. The lowest BCUT2D eigenvalue weighted by Gasteiger charge is -2.36. The molecule has 2 aliphatic carbocycles. The Morgan fingerprint density at radius 2 is 1.79 bits per heavy atom. The van der Waals surface area contributed by atoms with Crippen LogP contribution in [0.1, 0.15) is 31.2 Å². The minimum atomic E-state index is 0.157. The van der Waals surface area contributed by atoms with Crippen molar-refractivity contribution in [3.63, 3.8) is 0 Å². The number of nitrogens with zero attached hydrogens (tertiary/aromatic N) is 3. The number of piperazine rings is 1. The van der Waals surface area contributed by atoms with Gasteiger partial charge in [0.1, 0.15) is 5.82 Å². The lowest BCUT2D eigenvalue weighted by molar-refractivity contribution is -0.132. The molecule has 0 radical (unpaired) electrons. The Labute approximate surface area is 142 Å². The van der Waals surface area contributed by atoms with Crippen LogP contribution in [0.4, 0.5) is 5.82 Å². The van der Waals surface area contributed by atoms with Crippen molar-refractivity contribution in [1.29, 1.82) is 0 Å². The smallest absolute Gasteiger partial charge is 0.225 e. The van der Waals surface area contributed by atoms with Gasteiger partial charge in [0.15, 0.2) is 0 Å². The maximum atomic E-state index is 12.2. The van der Waals surface area contributed by atoms with Gasteiger partial charge in [-0.05, 0) is 31.7 Å². The van der Waals surface area contributed by atoms with Crippen LogP contribution in [0.2, 0.25) is 0 Å². The molecular formula is C18H24N4O2. The first-order valence-corrected chi connectivity index (χ1v) is 8.97. The summed E-state index contributed by atoms with van der Waals surface area (Å²) in [6.45, 7) is 3.66. The van der Waals surface area contributed by atoms with E-state index in [1.807, 2.05) is 17.0 Å². The molecule has 6 heteroatoms. The molecule has 1 saturated heterocycles. The highest BCUT2D eigenvalue weighted by Gasteiger charge is 2.35. The third-order valence-corrected chi connectivity index (χ3v) is 5.09. The zero-order valence-corrected chi connectivity index (χ0v) is 13.9. The largest absolute Gasteiger partial charge is 0.353 e. The van der Waals surface area contributed by atoms with Crippen molar-refractivity contribution in [1.82, 2.24) is 15.2 Å². The second-order valence-electron chi connectivity index (χ2n) is 7.06. The van der Waals surface area contributed by atoms with Gasteiger partial charge in [0.25, 0.3) is 0 Å². The van der Waals surface area contributed by atoms with E-state index in [9.17, 15) is 9.59 Å². The van der Waals surface area contributed by atoms with Crippen LogP contribution in [-0.4, -0.2) is 47.9 Å². The van der Waals surface area contributed by atoms with E-state index in [0.717, 1.165) is 63.2 Å². The predicted molar refractivity (Wildman–Crippen MR) is 90.3 cm³/mol. The number of amides is 2. The average Bonchev–Trinajstić information content (AvgIpc) is 3.51. The number of hydrogen-bond donors (Lipinski definition) is 1. The Morgan fingerprint density at radius 1 is 1.08 bits per heavy atom. The summed E-state index contributed by atoms with van der Waals surface area (Å²) in [5.41, 5.74) is 1.05. The number of hydrogen-bond acceptors (Lipinski definition) is 4. The van der Waals surface area contributed by atoms with Crippen molar-refractivity contribution in [3.05, 3.63) is 23.9 Å². The molecule has 0 unspecified atom stereocenters. The number of pyridine rings is 1. The molecule has 2 amide bonds. The molecule has 0 aromatic carbocycles. The van der Waals surface area contributed by atoms with E-state index in [4.69, 9.17) is 0 Å². The molecule has 24 heavy (non-hydrogen) atoms. The first kappa shape index (κ1) is 15.4. The molecule has 0 bridgehead atoms. The Hall–Kier alpha value is -2.11. The number of carbonyl (C=O) groups is 2. The van der Waals surface area contributed by atoms with Gasteiger partial charge in [-0.2, -0.15) is 0 Å². The molecule has 0 atom stereocenters. The van der Waals surface area contributed by atoms with Gasteiger partial charge in [0.05, 0.1) is 0 Å². The normalized spacial score (nSPS) is 20.8. The molecule has 3 aliphatic rings. The summed E-state index contributed by atoms with van der Waals surface area (Å²) in [4.78, 5) is 32.8. The summed E-state index contributed by atoms with van der Waals surface area (Å²) in [6.07, 6.45) is 5.95. The molecule has 0 spiro atoms. The van der Waals surface area contributed by atoms with Gasteiger partial charge >= 0.3 is 0 Å². The molecule has 1 aromatic heterocycles. The van der Waals surface area contributed by atoms with Crippen molar-refractivity contribution in [3.8, 4) is 0 Å². The summed E-state index contributed by atoms with van der Waals surface area (Å²) in [6, 6.07) is 3.94. The fraction of sp³-hybridized carbons (Fsp3) is 0.611. The van der Waals surface area contributed by atoms with Crippen molar-refractivity contribution in [2.24, 2.45) is 11.8 Å². The average molecular weight is 328 g/mol. The molecule has 4 rings (SSSR count). The zero-order chi connectivity index (χ0) is 16.5. The second kappa shape index (κ2) is 6.42. The van der Waals surface area contributed by atoms with E-state index < -0.39 is 0 Å². The fourth-order valence-electron chi connectivity index (χ4n) is 3.25. The topological polar surface area (TPSA) is 65.5 Å². The fourth-order valence-corrected chi connectivity index (χ4v) is 3.25. The monoisotopic (exact) mass is 328 g/mol. The molecule has 2 saturated carbocycles. The minimum absolute atomic E-state index is 0.157. The zero-order valence-electron chi connectivity index (χ0n) is 13.9. The first-order chi connectivity index (χ1) is 11.7. The Kier molecular flexibility index (Phi) is 4.12. The Morgan fingerprint density at radius 3 is 2.46 bits per heavy atom. The highest BCUT2D eigenvalue weighted by atomic mass is 16.2. The summed E-state index contributed by atoms with van der Waals surface area (Å²) in [5, 5.41) is 3.02. The van der Waals surface area contributed by atoms with Gasteiger partial charge in [-0.1, -0.05) is 6.07 Å². The van der Waals surface area contributed by atoms with Crippen LogP contribution in [-0.2, 0) is 16.1 Å². The lowest BCUT2D eigenvalue weighted by atomic mass is 10.2. The SMILES string of the molecule is O=C(NCc1cccnc1N1CCN(C(=O)C2CC2)CC1)C1CC1. The Balaban J connectivity index is 1.37. The van der Waals surface area contributed by atoms with Gasteiger partial charge in [0, 0.05) is 56.3 Å². The molecule has 1 aromatic rings. The molecule has 6 nitrogen and oxygen atoms in total. The number of carbonyl (C=O) groups excluding carboxylic acids is 2. The summed E-state index contributed by atoms with van der Waals surface area (Å²) >= 11 is 0. The van der Waals surface area contributed by atoms with Crippen LogP contribution in [0.15, 0.2) is 18.3 Å². The van der Waals surface area contributed by atoms with Crippen molar-refractivity contribution < 1.29 is 9.59 Å². The highest BCUT2D eigenvalue weighted by molar-refractivity contribution is 5.81. The number of aromatic nitrogens is 1. The third-order valence-electron chi connectivity index (χ3n) is 5.09. The van der Waals surface area contributed by atoms with Gasteiger partial charge in [-0.3, -0.25) is 9.59 Å². The van der Waals surface area contributed by atoms with Crippen LogP contribution in [0, 0.1) is 11.8 Å². The molecule has 128 valence electrons. The summed E-state index contributed by atoms with van der Waals surface area (Å²) in [5.74, 6) is 1.94. The maximum Gasteiger partial charge on any atom is 0.225 e. The summed E-state index contributed by atoms with van der Waals surface area (Å²) in [7, 11) is 0.